The molecule has 0 saturated carbocycles. The first kappa shape index (κ1) is 14.2. The topological polar surface area (TPSA) is 53.3 Å². The fourth-order valence-electron chi connectivity index (χ4n) is 2.56. The lowest BCUT2D eigenvalue weighted by Crippen LogP contribution is -2.44. The van der Waals surface area contributed by atoms with Crippen molar-refractivity contribution in [2.75, 3.05) is 18.1 Å². The van der Waals surface area contributed by atoms with E-state index in [-0.39, 0.29) is 24.1 Å². The van der Waals surface area contributed by atoms with Gasteiger partial charge in [0, 0.05) is 5.69 Å². The highest BCUT2D eigenvalue weighted by Gasteiger charge is 2.31. The molecule has 2 aromatic rings. The molecule has 2 aromatic carbocycles. The molecule has 3 rings (SSSR count). The number of amides is 1. The van der Waals surface area contributed by atoms with E-state index < -0.39 is 5.82 Å². The molecule has 0 N–H and O–H groups in total. The van der Waals surface area contributed by atoms with Crippen LogP contribution in [-0.2, 0) is 9.53 Å². The molecule has 1 heterocycles. The first-order valence-corrected chi connectivity index (χ1v) is 6.85. The van der Waals surface area contributed by atoms with E-state index in [2.05, 4.69) is 0 Å². The van der Waals surface area contributed by atoms with E-state index in [9.17, 15) is 9.18 Å². The molecule has 0 aliphatic carbocycles. The summed E-state index contributed by atoms with van der Waals surface area (Å²) in [5.74, 6) is -0.865. The summed E-state index contributed by atoms with van der Waals surface area (Å²) in [7, 11) is 0. The number of halogens is 1. The Kier molecular flexibility index (Phi) is 3.86. The molecule has 1 atom stereocenters. The monoisotopic (exact) mass is 296 g/mol. The van der Waals surface area contributed by atoms with E-state index in [1.54, 1.807) is 12.1 Å². The lowest BCUT2D eigenvalue weighted by atomic mass is 10.0. The number of ether oxygens (including phenoxy) is 1. The maximum atomic E-state index is 13.9. The SMILES string of the molecule is N#Cc1ccc(N2C(=O)COC[C@H]2c2ccccc2)cc1F. The third kappa shape index (κ3) is 2.57. The molecule has 0 unspecified atom stereocenters. The molecule has 4 nitrogen and oxygen atoms in total. The first-order chi connectivity index (χ1) is 10.7. The maximum Gasteiger partial charge on any atom is 0.253 e. The minimum Gasteiger partial charge on any atom is -0.369 e. The number of carbonyl (C=O) groups is 1. The van der Waals surface area contributed by atoms with Gasteiger partial charge in [-0.15, -0.1) is 0 Å². The van der Waals surface area contributed by atoms with E-state index in [1.165, 1.54) is 17.0 Å². The molecular formula is C17H13FN2O2. The summed E-state index contributed by atoms with van der Waals surface area (Å²) in [5.41, 5.74) is 1.31. The first-order valence-electron chi connectivity index (χ1n) is 6.85. The lowest BCUT2D eigenvalue weighted by Gasteiger charge is -2.35. The van der Waals surface area contributed by atoms with Crippen LogP contribution in [0.1, 0.15) is 17.2 Å². The molecule has 1 amide bonds. The van der Waals surface area contributed by atoms with Crippen LogP contribution >= 0.6 is 0 Å². The van der Waals surface area contributed by atoms with Crippen molar-refractivity contribution in [3.05, 3.63) is 65.5 Å². The highest BCUT2D eigenvalue weighted by Crippen LogP contribution is 2.31. The number of nitrogens with zero attached hydrogens (tertiary/aromatic N) is 2. The Morgan fingerprint density at radius 2 is 2.00 bits per heavy atom. The second-order valence-corrected chi connectivity index (χ2v) is 4.98. The molecule has 5 heteroatoms. The average molecular weight is 296 g/mol. The van der Waals surface area contributed by atoms with E-state index >= 15 is 0 Å². The number of nitriles is 1. The van der Waals surface area contributed by atoms with Gasteiger partial charge in [0.05, 0.1) is 18.2 Å². The van der Waals surface area contributed by atoms with Crippen molar-refractivity contribution in [3.8, 4) is 6.07 Å². The van der Waals surface area contributed by atoms with Gasteiger partial charge in [0.25, 0.3) is 5.91 Å². The smallest absolute Gasteiger partial charge is 0.253 e. The van der Waals surface area contributed by atoms with Crippen LogP contribution in [0.3, 0.4) is 0 Å². The van der Waals surface area contributed by atoms with E-state index in [0.717, 1.165) is 5.56 Å². The molecule has 0 aromatic heterocycles. The standard InChI is InChI=1S/C17H13FN2O2/c18-15-8-14(7-6-13(15)9-19)20-16(10-22-11-17(20)21)12-4-2-1-3-5-12/h1-8,16H,10-11H2/t16-/m0/s1. The minimum atomic E-state index is -0.633. The summed E-state index contributed by atoms with van der Waals surface area (Å²) < 4.78 is 19.2. The number of hydrogen-bond donors (Lipinski definition) is 0. The van der Waals surface area contributed by atoms with Crippen LogP contribution in [0.25, 0.3) is 0 Å². The summed E-state index contributed by atoms with van der Waals surface area (Å²) in [6, 6.07) is 15.1. The van der Waals surface area contributed by atoms with Gasteiger partial charge in [0.2, 0.25) is 0 Å². The van der Waals surface area contributed by atoms with E-state index in [1.807, 2.05) is 30.3 Å². The van der Waals surface area contributed by atoms with Crippen LogP contribution in [0.2, 0.25) is 0 Å². The summed E-state index contributed by atoms with van der Waals surface area (Å²) in [4.78, 5) is 13.8. The van der Waals surface area contributed by atoms with Crippen LogP contribution < -0.4 is 4.90 Å². The molecule has 1 aliphatic heterocycles. The van der Waals surface area contributed by atoms with Gasteiger partial charge < -0.3 is 9.64 Å². The predicted molar refractivity (Wildman–Crippen MR) is 78.6 cm³/mol. The van der Waals surface area contributed by atoms with Gasteiger partial charge >= 0.3 is 0 Å². The van der Waals surface area contributed by atoms with Crippen molar-refractivity contribution >= 4 is 11.6 Å². The van der Waals surface area contributed by atoms with Crippen LogP contribution in [0.4, 0.5) is 10.1 Å². The zero-order chi connectivity index (χ0) is 15.5. The fourth-order valence-corrected chi connectivity index (χ4v) is 2.56. The Labute approximate surface area is 127 Å². The Hall–Kier alpha value is -2.71. The van der Waals surface area contributed by atoms with Gasteiger partial charge in [-0.3, -0.25) is 4.79 Å². The van der Waals surface area contributed by atoms with Crippen molar-refractivity contribution < 1.29 is 13.9 Å². The predicted octanol–water partition coefficient (Wildman–Crippen LogP) is 2.80. The normalized spacial score (nSPS) is 18.1. The second kappa shape index (κ2) is 5.96. The van der Waals surface area contributed by atoms with Gasteiger partial charge in [-0.2, -0.15) is 5.26 Å². The Bertz CT molecular complexity index is 740. The largest absolute Gasteiger partial charge is 0.369 e. The molecule has 22 heavy (non-hydrogen) atoms. The van der Waals surface area contributed by atoms with Gasteiger partial charge in [0.1, 0.15) is 18.5 Å². The summed E-state index contributed by atoms with van der Waals surface area (Å²) >= 11 is 0. The maximum absolute atomic E-state index is 13.9. The third-order valence-electron chi connectivity index (χ3n) is 3.62. The molecular weight excluding hydrogens is 283 g/mol. The highest BCUT2D eigenvalue weighted by atomic mass is 19.1. The third-order valence-corrected chi connectivity index (χ3v) is 3.62. The van der Waals surface area contributed by atoms with Gasteiger partial charge in [-0.25, -0.2) is 4.39 Å². The molecule has 1 fully saturated rings. The number of carbonyl (C=O) groups excluding carboxylic acids is 1. The molecule has 110 valence electrons. The highest BCUT2D eigenvalue weighted by molar-refractivity contribution is 5.95. The molecule has 1 aliphatic rings. The number of benzene rings is 2. The number of anilines is 1. The quantitative estimate of drug-likeness (QED) is 0.856. The molecule has 0 radical (unpaired) electrons. The minimum absolute atomic E-state index is 0.0368. The fraction of sp³-hybridized carbons (Fsp3) is 0.176. The lowest BCUT2D eigenvalue weighted by molar-refractivity contribution is -0.127. The van der Waals surface area contributed by atoms with E-state index in [4.69, 9.17) is 10.00 Å². The van der Waals surface area contributed by atoms with E-state index in [0.29, 0.717) is 12.3 Å². The Morgan fingerprint density at radius 1 is 1.23 bits per heavy atom. The van der Waals surface area contributed by atoms with Gasteiger partial charge in [-0.1, -0.05) is 30.3 Å². The van der Waals surface area contributed by atoms with Crippen LogP contribution in [-0.4, -0.2) is 19.1 Å². The summed E-state index contributed by atoms with van der Waals surface area (Å²) in [6.45, 7) is 0.308. The van der Waals surface area contributed by atoms with Gasteiger partial charge in [0.15, 0.2) is 0 Å². The van der Waals surface area contributed by atoms with Crippen molar-refractivity contribution in [3.63, 3.8) is 0 Å². The molecule has 0 spiro atoms. The van der Waals surface area contributed by atoms with Crippen LogP contribution in [0.15, 0.2) is 48.5 Å². The molecule has 1 saturated heterocycles. The second-order valence-electron chi connectivity index (χ2n) is 4.98. The average Bonchev–Trinajstić information content (AvgIpc) is 2.55. The number of hydrogen-bond acceptors (Lipinski definition) is 3. The zero-order valence-corrected chi connectivity index (χ0v) is 11.7. The number of morpholine rings is 1. The van der Waals surface area contributed by atoms with Gasteiger partial charge in [-0.05, 0) is 23.8 Å². The Morgan fingerprint density at radius 3 is 2.68 bits per heavy atom. The van der Waals surface area contributed by atoms with Crippen molar-refractivity contribution in [1.82, 2.24) is 0 Å². The molecule has 0 bridgehead atoms. The van der Waals surface area contributed by atoms with Crippen LogP contribution in [0, 0.1) is 17.1 Å². The van der Waals surface area contributed by atoms with Crippen LogP contribution in [0.5, 0.6) is 0 Å². The van der Waals surface area contributed by atoms with Crippen molar-refractivity contribution in [1.29, 1.82) is 5.26 Å². The van der Waals surface area contributed by atoms with Crippen molar-refractivity contribution in [2.45, 2.75) is 6.04 Å². The summed E-state index contributed by atoms with van der Waals surface area (Å²) in [6.07, 6.45) is 0. The Balaban J connectivity index is 2.02. The zero-order valence-electron chi connectivity index (χ0n) is 11.7. The van der Waals surface area contributed by atoms with Crippen molar-refractivity contribution in [2.24, 2.45) is 0 Å². The summed E-state index contributed by atoms with van der Waals surface area (Å²) in [5, 5.41) is 8.81. The number of rotatable bonds is 2.